The van der Waals surface area contributed by atoms with E-state index in [1.165, 1.54) is 4.68 Å². The van der Waals surface area contributed by atoms with Gasteiger partial charge in [0.15, 0.2) is 0 Å². The van der Waals surface area contributed by atoms with Crippen LogP contribution in [0.25, 0.3) is 0 Å². The number of terminal acetylenes is 1. The molecule has 6 heteroatoms. The van der Waals surface area contributed by atoms with Crippen molar-refractivity contribution in [2.45, 2.75) is 19.1 Å². The van der Waals surface area contributed by atoms with Crippen LogP contribution in [0.2, 0.25) is 0 Å². The molecule has 1 rings (SSSR count). The van der Waals surface area contributed by atoms with Crippen molar-refractivity contribution in [3.8, 4) is 12.3 Å². The summed E-state index contributed by atoms with van der Waals surface area (Å²) >= 11 is 0. The fourth-order valence-corrected chi connectivity index (χ4v) is 1.17. The number of nitrogens with one attached hydrogen (secondary N) is 1. The Hall–Kier alpha value is -1.48. The van der Waals surface area contributed by atoms with Gasteiger partial charge in [-0.25, -0.2) is 0 Å². The number of hydrogen-bond acceptors (Lipinski definition) is 2. The van der Waals surface area contributed by atoms with E-state index in [4.69, 9.17) is 6.42 Å². The zero-order valence-electron chi connectivity index (χ0n) is 8.75. The average Bonchev–Trinajstić information content (AvgIpc) is 2.66. The number of halogens is 3. The Bertz CT molecular complexity index is 375. The van der Waals surface area contributed by atoms with Gasteiger partial charge in [0.25, 0.3) is 0 Å². The molecule has 0 spiro atoms. The third-order valence-corrected chi connectivity index (χ3v) is 2.05. The summed E-state index contributed by atoms with van der Waals surface area (Å²) in [4.78, 5) is 0. The van der Waals surface area contributed by atoms with Gasteiger partial charge in [-0.05, 0) is 6.92 Å². The second-order valence-corrected chi connectivity index (χ2v) is 3.39. The fraction of sp³-hybridized carbons (Fsp3) is 0.500. The summed E-state index contributed by atoms with van der Waals surface area (Å²) in [6.45, 7) is 2.62. The topological polar surface area (TPSA) is 29.9 Å². The molecule has 16 heavy (non-hydrogen) atoms. The van der Waals surface area contributed by atoms with Crippen molar-refractivity contribution >= 4 is 0 Å². The molecule has 1 aromatic heterocycles. The van der Waals surface area contributed by atoms with Gasteiger partial charge < -0.3 is 5.32 Å². The minimum absolute atomic E-state index is 0.176. The van der Waals surface area contributed by atoms with Crippen LogP contribution < -0.4 is 5.32 Å². The lowest BCUT2D eigenvalue weighted by molar-refractivity contribution is -0.137. The van der Waals surface area contributed by atoms with Gasteiger partial charge in [-0.2, -0.15) is 18.3 Å². The summed E-state index contributed by atoms with van der Waals surface area (Å²) in [5.41, 5.74) is -0.740. The van der Waals surface area contributed by atoms with E-state index in [-0.39, 0.29) is 6.04 Å². The molecule has 0 aliphatic carbocycles. The molecule has 1 unspecified atom stereocenters. The summed E-state index contributed by atoms with van der Waals surface area (Å²) in [5, 5.41) is 6.57. The monoisotopic (exact) mass is 231 g/mol. The first-order valence-electron chi connectivity index (χ1n) is 4.70. The Balaban J connectivity index is 2.61. The molecule has 0 radical (unpaired) electrons. The van der Waals surface area contributed by atoms with Crippen molar-refractivity contribution in [3.63, 3.8) is 0 Å². The van der Waals surface area contributed by atoms with E-state index >= 15 is 0 Å². The molecule has 0 bridgehead atoms. The van der Waals surface area contributed by atoms with Gasteiger partial charge in [-0.1, -0.05) is 5.92 Å². The summed E-state index contributed by atoms with van der Waals surface area (Å²) in [6.07, 6.45) is 2.49. The lowest BCUT2D eigenvalue weighted by Crippen LogP contribution is -2.24. The van der Waals surface area contributed by atoms with E-state index in [2.05, 4.69) is 16.3 Å². The van der Waals surface area contributed by atoms with Gasteiger partial charge in [0, 0.05) is 12.7 Å². The molecule has 88 valence electrons. The van der Waals surface area contributed by atoms with E-state index in [1.54, 1.807) is 6.92 Å². The molecular weight excluding hydrogens is 219 g/mol. The van der Waals surface area contributed by atoms with Gasteiger partial charge in [0.05, 0.1) is 24.3 Å². The lowest BCUT2D eigenvalue weighted by Gasteiger charge is -2.11. The van der Waals surface area contributed by atoms with Crippen LogP contribution in [-0.2, 0) is 6.18 Å². The molecule has 1 aromatic rings. The summed E-state index contributed by atoms with van der Waals surface area (Å²) < 4.78 is 38.1. The van der Waals surface area contributed by atoms with Crippen molar-refractivity contribution in [1.82, 2.24) is 15.1 Å². The Kier molecular flexibility index (Phi) is 3.96. The van der Waals surface area contributed by atoms with Crippen LogP contribution in [0.5, 0.6) is 0 Å². The Morgan fingerprint density at radius 2 is 2.31 bits per heavy atom. The predicted molar refractivity (Wildman–Crippen MR) is 53.6 cm³/mol. The third kappa shape index (κ3) is 3.28. The van der Waals surface area contributed by atoms with Crippen molar-refractivity contribution in [2.75, 3.05) is 13.1 Å². The Labute approximate surface area is 91.6 Å². The minimum Gasteiger partial charge on any atom is -0.304 e. The van der Waals surface area contributed by atoms with E-state index in [1.807, 2.05) is 0 Å². The predicted octanol–water partition coefficient (Wildman–Crippen LogP) is 1.69. The highest BCUT2D eigenvalue weighted by atomic mass is 19.4. The van der Waals surface area contributed by atoms with Crippen molar-refractivity contribution < 1.29 is 13.2 Å². The van der Waals surface area contributed by atoms with Gasteiger partial charge in [0.1, 0.15) is 0 Å². The SMILES string of the molecule is C#CCNCC(C)n1cc(C(F)(F)F)cn1. The van der Waals surface area contributed by atoms with E-state index in [0.717, 1.165) is 12.4 Å². The van der Waals surface area contributed by atoms with Gasteiger partial charge in [-0.3, -0.25) is 4.68 Å². The van der Waals surface area contributed by atoms with Gasteiger partial charge in [-0.15, -0.1) is 6.42 Å². The van der Waals surface area contributed by atoms with E-state index in [0.29, 0.717) is 13.1 Å². The first-order valence-corrected chi connectivity index (χ1v) is 4.70. The molecule has 0 fully saturated rings. The molecule has 1 N–H and O–H groups in total. The van der Waals surface area contributed by atoms with Gasteiger partial charge in [0.2, 0.25) is 0 Å². The highest BCUT2D eigenvalue weighted by molar-refractivity contribution is 5.08. The number of alkyl halides is 3. The average molecular weight is 231 g/mol. The number of rotatable bonds is 4. The van der Waals surface area contributed by atoms with Crippen LogP contribution in [-0.4, -0.2) is 22.9 Å². The van der Waals surface area contributed by atoms with Crippen LogP contribution in [0.3, 0.4) is 0 Å². The second-order valence-electron chi connectivity index (χ2n) is 3.39. The van der Waals surface area contributed by atoms with Crippen LogP contribution >= 0.6 is 0 Å². The Morgan fingerprint density at radius 1 is 1.62 bits per heavy atom. The minimum atomic E-state index is -4.34. The summed E-state index contributed by atoms with van der Waals surface area (Å²) in [6, 6.07) is -0.176. The largest absolute Gasteiger partial charge is 0.419 e. The second kappa shape index (κ2) is 5.03. The first-order chi connectivity index (χ1) is 7.45. The molecule has 0 saturated carbocycles. The molecule has 0 amide bonds. The van der Waals surface area contributed by atoms with E-state index in [9.17, 15) is 13.2 Å². The highest BCUT2D eigenvalue weighted by Crippen LogP contribution is 2.28. The molecule has 0 saturated heterocycles. The zero-order valence-corrected chi connectivity index (χ0v) is 8.75. The fourth-order valence-electron chi connectivity index (χ4n) is 1.17. The molecule has 1 heterocycles. The molecule has 3 nitrogen and oxygen atoms in total. The number of hydrogen-bond donors (Lipinski definition) is 1. The lowest BCUT2D eigenvalue weighted by atomic mass is 10.3. The van der Waals surface area contributed by atoms with Crippen molar-refractivity contribution in [3.05, 3.63) is 18.0 Å². The van der Waals surface area contributed by atoms with E-state index < -0.39 is 11.7 Å². The molecular formula is C10H12F3N3. The van der Waals surface area contributed by atoms with Gasteiger partial charge >= 0.3 is 6.18 Å². The zero-order chi connectivity index (χ0) is 12.2. The molecule has 0 aliphatic rings. The van der Waals surface area contributed by atoms with Crippen LogP contribution in [0.1, 0.15) is 18.5 Å². The first kappa shape index (κ1) is 12.6. The Morgan fingerprint density at radius 3 is 2.81 bits per heavy atom. The smallest absolute Gasteiger partial charge is 0.304 e. The van der Waals surface area contributed by atoms with Crippen molar-refractivity contribution in [2.24, 2.45) is 0 Å². The molecule has 0 aliphatic heterocycles. The standard InChI is InChI=1S/C10H12F3N3/c1-3-4-14-5-8(2)16-7-9(6-15-16)10(11,12)13/h1,6-8,14H,4-5H2,2H3. The normalized spacial score (nSPS) is 13.4. The van der Waals surface area contributed by atoms with Crippen LogP contribution in [0, 0.1) is 12.3 Å². The molecule has 1 atom stereocenters. The number of aromatic nitrogens is 2. The van der Waals surface area contributed by atoms with Crippen LogP contribution in [0.4, 0.5) is 13.2 Å². The summed E-state index contributed by atoms with van der Waals surface area (Å²) in [7, 11) is 0. The maximum Gasteiger partial charge on any atom is 0.419 e. The maximum atomic E-state index is 12.3. The maximum absolute atomic E-state index is 12.3. The quantitative estimate of drug-likeness (QED) is 0.631. The summed E-state index contributed by atoms with van der Waals surface area (Å²) in [5.74, 6) is 2.38. The van der Waals surface area contributed by atoms with Crippen molar-refractivity contribution in [1.29, 1.82) is 0 Å². The van der Waals surface area contributed by atoms with Crippen LogP contribution in [0.15, 0.2) is 12.4 Å². The molecule has 0 aromatic carbocycles. The highest BCUT2D eigenvalue weighted by Gasteiger charge is 2.32. The number of nitrogens with zero attached hydrogens (tertiary/aromatic N) is 2. The third-order valence-electron chi connectivity index (χ3n) is 2.05.